The van der Waals surface area contributed by atoms with Crippen LogP contribution in [-0.4, -0.2) is 212 Å². The Morgan fingerprint density at radius 2 is 0.607 bits per heavy atom. The van der Waals surface area contributed by atoms with E-state index in [0.29, 0.717) is 132 Å². The van der Waals surface area contributed by atoms with Gasteiger partial charge in [-0.1, -0.05) is 84.9 Å². The number of ketones is 5. The quantitative estimate of drug-likeness (QED) is 0.0365. The average Bonchev–Trinajstić information content (AvgIpc) is 1.73. The highest BCUT2D eigenvalue weighted by Gasteiger charge is 2.43. The van der Waals surface area contributed by atoms with E-state index in [1.54, 1.807) is 68.0 Å². The molecule has 20 rings (SSSR count). The third kappa shape index (κ3) is 23.4. The van der Waals surface area contributed by atoms with Gasteiger partial charge in [0.05, 0.1) is 62.4 Å². The van der Waals surface area contributed by atoms with Crippen molar-refractivity contribution in [1.29, 1.82) is 0 Å². The number of methoxy groups -OCH3 is 8. The van der Waals surface area contributed by atoms with E-state index < -0.39 is 11.7 Å². The molecule has 770 valence electrons. The predicted molar refractivity (Wildman–Crippen MR) is 533 cm³/mol. The molecule has 145 heavy (non-hydrogen) atoms. The van der Waals surface area contributed by atoms with Crippen molar-refractivity contribution in [3.8, 4) is 103 Å². The van der Waals surface area contributed by atoms with Crippen LogP contribution in [0.3, 0.4) is 0 Å². The van der Waals surface area contributed by atoms with Crippen LogP contribution in [0.25, 0.3) is 0 Å². The summed E-state index contributed by atoms with van der Waals surface area (Å²) in [5, 5.41) is 0. The molecule has 0 bridgehead atoms. The van der Waals surface area contributed by atoms with Crippen LogP contribution in [0.4, 0.5) is 17.6 Å². The third-order valence-electron chi connectivity index (χ3n) is 28.9. The number of fused-ring (bicyclic) bond motifs is 10. The fraction of sp³-hybridized carbons (Fsp3) is 0.425. The van der Waals surface area contributed by atoms with Crippen LogP contribution in [0, 0.1) is 12.7 Å². The van der Waals surface area contributed by atoms with Crippen LogP contribution in [0.2, 0.25) is 0 Å². The SMILES string of the molecule is COc1c2c(cc3c1C(CC(=O)CCc1ccccc1C)N(C)CC3)OCO2.COc1c2c(cc3c1C(CC(=O)Cc1ccccc1C(F)(F)F)N(C)CC3)OCO2.COc1c2c(cc3c1C(CC(=O)Cc1ccccc1F)N(C)CC3)OCO2.COc1ccc(CCC(=O)CC2c3c(cc4c(c3OC)OCO4)CCN2C)c(OC)c1.COc1ccccc1CCC(=O)CC1c2c(cc3c(c2OC)OCO3)CCN1C. The van der Waals surface area contributed by atoms with Crippen molar-refractivity contribution >= 4 is 28.9 Å². The minimum Gasteiger partial charge on any atom is -0.497 e. The topological polar surface area (TPSA) is 268 Å². The van der Waals surface area contributed by atoms with E-state index >= 15 is 0 Å². The molecule has 10 aromatic rings. The zero-order chi connectivity index (χ0) is 102. The van der Waals surface area contributed by atoms with Crippen molar-refractivity contribution < 1.29 is 127 Å². The average molecular weight is 2000 g/mol. The molecular weight excluding hydrogens is 1870 g/mol. The van der Waals surface area contributed by atoms with Crippen molar-refractivity contribution in [2.24, 2.45) is 0 Å². The fourth-order valence-electron chi connectivity index (χ4n) is 21.1. The van der Waals surface area contributed by atoms with E-state index in [4.69, 9.17) is 85.3 Å². The van der Waals surface area contributed by atoms with Gasteiger partial charge in [0.2, 0.25) is 62.7 Å². The molecule has 0 amide bonds. The Kier molecular flexibility index (Phi) is 33.9. The summed E-state index contributed by atoms with van der Waals surface area (Å²) in [5.74, 6) is 12.2. The zero-order valence-corrected chi connectivity index (χ0v) is 84.7. The molecule has 10 aliphatic heterocycles. The Morgan fingerprint density at radius 3 is 0.931 bits per heavy atom. The molecular formula is C113H127F4N5O23. The number of rotatable bonds is 31. The van der Waals surface area contributed by atoms with E-state index in [1.165, 1.54) is 53.6 Å². The number of ether oxygens (including phenoxy) is 18. The summed E-state index contributed by atoms with van der Waals surface area (Å²) in [6.45, 7) is 7.18. The van der Waals surface area contributed by atoms with E-state index in [0.717, 1.165) is 161 Å². The third-order valence-corrected chi connectivity index (χ3v) is 28.9. The molecule has 0 saturated heterocycles. The van der Waals surface area contributed by atoms with Gasteiger partial charge in [-0.2, -0.15) is 13.2 Å². The maximum Gasteiger partial charge on any atom is 0.416 e. The van der Waals surface area contributed by atoms with Gasteiger partial charge in [0.15, 0.2) is 57.5 Å². The maximum atomic E-state index is 13.9. The summed E-state index contributed by atoms with van der Waals surface area (Å²) in [5.41, 5.74) is 14.8. The lowest BCUT2D eigenvalue weighted by atomic mass is 9.87. The number of aryl methyl sites for hydroxylation is 4. The molecule has 0 saturated carbocycles. The monoisotopic (exact) mass is 2000 g/mol. The number of para-hydroxylation sites is 1. The summed E-state index contributed by atoms with van der Waals surface area (Å²) in [7, 11) is 23.1. The fourth-order valence-corrected chi connectivity index (χ4v) is 21.1. The second-order valence-electron chi connectivity index (χ2n) is 37.5. The van der Waals surface area contributed by atoms with Crippen LogP contribution in [0.15, 0.2) is 146 Å². The number of carbonyl (C=O) groups is 5. The van der Waals surface area contributed by atoms with Crippen LogP contribution >= 0.6 is 0 Å². The molecule has 10 heterocycles. The Bertz CT molecular complexity index is 6390. The van der Waals surface area contributed by atoms with Crippen molar-refractivity contribution in [1.82, 2.24) is 24.5 Å². The van der Waals surface area contributed by atoms with Crippen LogP contribution in [-0.2, 0) is 94.4 Å². The minimum atomic E-state index is -4.49. The Labute approximate surface area is 843 Å². The van der Waals surface area contributed by atoms with Crippen molar-refractivity contribution in [2.45, 2.75) is 159 Å². The first kappa shape index (κ1) is 104. The van der Waals surface area contributed by atoms with Crippen LogP contribution in [0.5, 0.6) is 103 Å². The number of hydrogen-bond acceptors (Lipinski definition) is 28. The largest absolute Gasteiger partial charge is 0.497 e. The first-order valence-corrected chi connectivity index (χ1v) is 49.0. The van der Waals surface area contributed by atoms with Crippen molar-refractivity contribution in [3.05, 3.63) is 246 Å². The summed E-state index contributed by atoms with van der Waals surface area (Å²) in [4.78, 5) is 75.2. The summed E-state index contributed by atoms with van der Waals surface area (Å²) in [6, 6.07) is 42.9. The van der Waals surface area contributed by atoms with Gasteiger partial charge < -0.3 is 85.3 Å². The molecule has 5 atom stereocenters. The second-order valence-corrected chi connectivity index (χ2v) is 37.5. The van der Waals surface area contributed by atoms with Gasteiger partial charge in [-0.05, 0) is 209 Å². The summed E-state index contributed by atoms with van der Waals surface area (Å²) < 4.78 is 154. The van der Waals surface area contributed by atoms with E-state index in [1.807, 2.05) is 97.9 Å². The molecule has 5 unspecified atom stereocenters. The molecule has 32 heteroatoms. The maximum absolute atomic E-state index is 13.9. The molecule has 0 spiro atoms. The Hall–Kier alpha value is -13.5. The molecule has 10 aromatic carbocycles. The van der Waals surface area contributed by atoms with Crippen LogP contribution in [0.1, 0.15) is 176 Å². The molecule has 28 nitrogen and oxygen atoms in total. The highest BCUT2D eigenvalue weighted by Crippen LogP contribution is 2.57. The van der Waals surface area contributed by atoms with Crippen LogP contribution < -0.4 is 85.3 Å². The highest BCUT2D eigenvalue weighted by molar-refractivity contribution is 5.85. The van der Waals surface area contributed by atoms with Gasteiger partial charge in [0.1, 0.15) is 52.0 Å². The molecule has 0 N–H and O–H groups in total. The van der Waals surface area contributed by atoms with Crippen molar-refractivity contribution in [3.63, 3.8) is 0 Å². The van der Waals surface area contributed by atoms with Gasteiger partial charge in [-0.25, -0.2) is 4.39 Å². The van der Waals surface area contributed by atoms with E-state index in [2.05, 4.69) is 65.9 Å². The smallest absolute Gasteiger partial charge is 0.416 e. The summed E-state index contributed by atoms with van der Waals surface area (Å²) >= 11 is 0. The summed E-state index contributed by atoms with van der Waals surface area (Å²) in [6.07, 6.45) is 4.83. The van der Waals surface area contributed by atoms with Gasteiger partial charge in [0.25, 0.3) is 0 Å². The molecule has 0 aliphatic carbocycles. The standard InChI is InChI=1S/C24H29NO6.C23H27NO5.C23H27NO4.C22H22F3NO4.C21H22FNO4/c1-25-10-9-16-11-21-23(31-14-30-21)24(29-4)22(16)19(25)12-17(26)7-5-15-6-8-18(27-2)13-20(15)28-3;1-24-11-10-16-12-20-22(29-14-28-20)23(27-3)21(16)18(24)13-17(25)9-8-15-6-4-5-7-19(15)26-2;1-15-6-4-5-7-16(15)8-9-18(25)13-19-21-17(10-11-24(19)2)12-20-22(23(21)26-3)28-14-27-20;1-26-8-7-14-10-18-20(30-12-29-18)21(28-2)19(14)17(26)11-15(27)9-13-5-3-4-6-16(13)22(23,24)25;1-23-8-7-14-10-18-20(27-12-26-18)21(25-2)19(14)17(23)11-15(24)9-13-5-3-4-6-16(13)22/h6,8,11,13,19H,5,7,9-10,12,14H2,1-4H3;4-7,12,18H,8-11,13-14H2,1-3H3;4-7,12,19H,8-11,13-14H2,1-3H3;3-6,10,17H,7-9,11-12H2,1-2H3;3-6,10,17H,7-9,11-12H2,1-2H3. The second kappa shape index (κ2) is 47.1. The van der Waals surface area contributed by atoms with Gasteiger partial charge in [-0.15, -0.1) is 0 Å². The number of likely N-dealkylation sites (N-methyl/N-ethyl adjacent to an activating group) is 5. The van der Waals surface area contributed by atoms with Gasteiger partial charge >= 0.3 is 6.18 Å². The van der Waals surface area contributed by atoms with Crippen molar-refractivity contribution in [2.75, 3.05) is 159 Å². The number of alkyl halides is 3. The number of hydrogen-bond donors (Lipinski definition) is 0. The molecule has 0 aromatic heterocycles. The molecule has 0 fully saturated rings. The lowest BCUT2D eigenvalue weighted by Gasteiger charge is -2.35. The zero-order valence-electron chi connectivity index (χ0n) is 84.7. The molecule has 0 radical (unpaired) electrons. The Morgan fingerprint density at radius 1 is 0.317 bits per heavy atom. The number of carbonyl (C=O) groups excluding carboxylic acids is 5. The predicted octanol–water partition coefficient (Wildman–Crippen LogP) is 18.4. The number of nitrogens with zero attached hydrogens (tertiary/aromatic N) is 5. The normalized spacial score (nSPS) is 17.9. The van der Waals surface area contributed by atoms with E-state index in [9.17, 15) is 41.5 Å². The molecule has 10 aliphatic rings. The van der Waals surface area contributed by atoms with Gasteiger partial charge in [0, 0.05) is 161 Å². The first-order chi connectivity index (χ1) is 70.1. The van der Waals surface area contributed by atoms with E-state index in [-0.39, 0.29) is 130 Å². The highest BCUT2D eigenvalue weighted by atomic mass is 19.4. The lowest BCUT2D eigenvalue weighted by Crippen LogP contribution is -2.34. The lowest BCUT2D eigenvalue weighted by molar-refractivity contribution is -0.138. The number of benzene rings is 10. The minimum absolute atomic E-state index is 0.00225. The van der Waals surface area contributed by atoms with Gasteiger partial charge in [-0.3, -0.25) is 48.5 Å². The first-order valence-electron chi connectivity index (χ1n) is 49.0. The Balaban J connectivity index is 0.000000130. The number of halogens is 4. The number of Topliss-reactive ketones (excluding diaryl/α,β-unsaturated/α-hetero) is 5.